The van der Waals surface area contributed by atoms with Crippen molar-refractivity contribution in [1.29, 1.82) is 0 Å². The topological polar surface area (TPSA) is 222 Å². The smallest absolute Gasteiger partial charge is 0.166 e. The molecule has 0 aliphatic rings. The summed E-state index contributed by atoms with van der Waals surface area (Å²) in [5.41, 5.74) is 7.66. The van der Waals surface area contributed by atoms with Crippen LogP contribution in [0.25, 0.3) is 108 Å². The van der Waals surface area contributed by atoms with E-state index < -0.39 is 0 Å². The second-order valence-electron chi connectivity index (χ2n) is 20.5. The molecule has 0 bridgehead atoms. The van der Waals surface area contributed by atoms with Crippen molar-refractivity contribution in [1.82, 2.24) is 80.0 Å². The molecule has 0 amide bonds. The van der Waals surface area contributed by atoms with Crippen molar-refractivity contribution in [3.8, 4) is 0 Å². The van der Waals surface area contributed by atoms with E-state index in [0.29, 0.717) is 0 Å². The van der Waals surface area contributed by atoms with Crippen molar-refractivity contribution < 1.29 is 4.52 Å². The molecule has 748 valence electrons. The lowest BCUT2D eigenvalue weighted by Gasteiger charge is -1.91. The minimum atomic E-state index is 0.810. The first-order chi connectivity index (χ1) is 68.2. The van der Waals surface area contributed by atoms with Crippen LogP contribution in [-0.2, 0) is 0 Å². The predicted octanol–water partition coefficient (Wildman–Crippen LogP) is 38.8. The van der Waals surface area contributed by atoms with Gasteiger partial charge in [-0.2, -0.15) is 29.9 Å². The van der Waals surface area contributed by atoms with E-state index in [-0.39, 0.29) is 0 Å². The molecule has 1 N–H and O–H groups in total. The Balaban J connectivity index is -0.000000157. The first kappa shape index (κ1) is 144. The van der Waals surface area contributed by atoms with Gasteiger partial charge in [0.25, 0.3) is 0 Å². The number of rotatable bonds is 0. The average molecular weight is 1880 g/mol. The van der Waals surface area contributed by atoms with E-state index in [2.05, 4.69) is 116 Å². The summed E-state index contributed by atoms with van der Waals surface area (Å²) >= 11 is 1.54. The number of para-hydroxylation sites is 6. The van der Waals surface area contributed by atoms with E-state index in [0.717, 1.165) is 82.0 Å². The molecule has 20 rings (SSSR count). The van der Waals surface area contributed by atoms with Gasteiger partial charge in [0.05, 0.1) is 68.8 Å². The number of benzene rings is 9. The molecule has 0 spiro atoms. The van der Waals surface area contributed by atoms with Crippen LogP contribution in [0.3, 0.4) is 0 Å². The number of aromatic nitrogens is 16. The van der Waals surface area contributed by atoms with Crippen LogP contribution >= 0.6 is 11.5 Å². The van der Waals surface area contributed by atoms with E-state index in [4.69, 9.17) is 4.52 Å². The SMILES string of the molecule is CC.CC.CC.CC.CC.CC.CC.CC.CC.CC.CC.CC.CC.CC.CC.CC.CC.CC.CC.CC.c1ccc2[nH]ncc2c1.c1ccc2cnccc2c1.c1ccc2cnncc2c1.c1ccc2ncccc2c1.c1ccc2nccnc2c1.c1ccc2ncncc2c1.c1ccc2nnccc2c1.c1ccc2oncc2c1.c1ccc2sncc2c1.c1cnc2ncccc2c1. The van der Waals surface area contributed by atoms with E-state index in [9.17, 15) is 0 Å². The van der Waals surface area contributed by atoms with Gasteiger partial charge in [-0.15, -0.1) is 0 Å². The molecular weight excluding hydrogens is 1700 g/mol. The Morgan fingerprint density at radius 3 is 0.993 bits per heavy atom. The highest BCUT2D eigenvalue weighted by atomic mass is 32.1. The van der Waals surface area contributed by atoms with Crippen LogP contribution in [0.2, 0.25) is 0 Å². The Morgan fingerprint density at radius 1 is 0.212 bits per heavy atom. The van der Waals surface area contributed by atoms with Gasteiger partial charge >= 0.3 is 0 Å². The Kier molecular flexibility index (Phi) is 125. The Bertz CT molecular complexity index is 4260. The Morgan fingerprint density at radius 2 is 0.555 bits per heavy atom. The van der Waals surface area contributed by atoms with Crippen LogP contribution in [0.1, 0.15) is 277 Å². The Hall–Kier alpha value is -13.5. The molecule has 11 aromatic heterocycles. The van der Waals surface area contributed by atoms with Gasteiger partial charge in [-0.05, 0) is 119 Å². The summed E-state index contributed by atoms with van der Waals surface area (Å²) in [6.45, 7) is 80.0. The fourth-order valence-electron chi connectivity index (χ4n) is 9.15. The van der Waals surface area contributed by atoms with E-state index >= 15 is 0 Å². The zero-order valence-corrected chi connectivity index (χ0v) is 92.9. The van der Waals surface area contributed by atoms with Gasteiger partial charge in [0.15, 0.2) is 11.2 Å². The van der Waals surface area contributed by atoms with Crippen LogP contribution in [0.4, 0.5) is 0 Å². The third kappa shape index (κ3) is 66.6. The van der Waals surface area contributed by atoms with Crippen LogP contribution in [0.15, 0.2) is 365 Å². The van der Waals surface area contributed by atoms with Crippen molar-refractivity contribution >= 4 is 120 Å². The highest BCUT2D eigenvalue weighted by Crippen LogP contribution is 2.17. The van der Waals surface area contributed by atoms with E-state index in [1.165, 1.54) is 37.8 Å². The zero-order valence-electron chi connectivity index (χ0n) is 92.1. The summed E-state index contributed by atoms with van der Waals surface area (Å²) in [5.74, 6) is 0. The van der Waals surface area contributed by atoms with Crippen molar-refractivity contribution in [3.63, 3.8) is 0 Å². The number of hydrogen-bond acceptors (Lipinski definition) is 17. The van der Waals surface area contributed by atoms with Crippen LogP contribution in [-0.4, -0.2) is 80.0 Å². The third-order valence-electron chi connectivity index (χ3n) is 14.0. The van der Waals surface area contributed by atoms with Gasteiger partial charge in [-0.3, -0.25) is 25.0 Å². The molecule has 0 aliphatic carbocycles. The highest BCUT2D eigenvalue weighted by molar-refractivity contribution is 7.13. The minimum Gasteiger partial charge on any atom is -0.356 e. The molecule has 0 aliphatic heterocycles. The summed E-state index contributed by atoms with van der Waals surface area (Å²) in [4.78, 5) is 32.5. The molecule has 0 radical (unpaired) electrons. The maximum atomic E-state index is 4.87. The van der Waals surface area contributed by atoms with Crippen LogP contribution in [0, 0.1) is 0 Å². The molecule has 18 heteroatoms. The molecule has 0 fully saturated rings. The predicted molar refractivity (Wildman–Crippen MR) is 618 cm³/mol. The van der Waals surface area contributed by atoms with Gasteiger partial charge in [0.1, 0.15) is 6.33 Å². The lowest BCUT2D eigenvalue weighted by atomic mass is 10.2. The first-order valence-electron chi connectivity index (χ1n) is 50.5. The van der Waals surface area contributed by atoms with E-state index in [1.54, 1.807) is 55.9 Å². The molecule has 0 unspecified atom stereocenters. The van der Waals surface area contributed by atoms with Gasteiger partial charge in [-0.1, -0.05) is 452 Å². The highest BCUT2D eigenvalue weighted by Gasteiger charge is 1.96. The molecule has 0 atom stereocenters. The van der Waals surface area contributed by atoms with Crippen LogP contribution in [0.5, 0.6) is 0 Å². The molecule has 20 aromatic rings. The fourth-order valence-corrected chi connectivity index (χ4v) is 9.80. The number of pyridine rings is 4. The van der Waals surface area contributed by atoms with E-state index in [1.807, 2.05) is 545 Å². The molecule has 137 heavy (non-hydrogen) atoms. The lowest BCUT2D eigenvalue weighted by Crippen LogP contribution is -1.79. The fraction of sp³-hybridized carbons (Fsp3) is 0.336. The summed E-state index contributed by atoms with van der Waals surface area (Å²) in [6.07, 6.45) is 26.4. The third-order valence-corrected chi connectivity index (χ3v) is 14.8. The lowest BCUT2D eigenvalue weighted by molar-refractivity contribution is 0.456. The van der Waals surface area contributed by atoms with Gasteiger partial charge in [0.2, 0.25) is 0 Å². The van der Waals surface area contributed by atoms with Crippen molar-refractivity contribution in [2.24, 2.45) is 0 Å². The molecule has 9 aromatic carbocycles. The largest absolute Gasteiger partial charge is 0.356 e. The molecule has 0 saturated carbocycles. The zero-order chi connectivity index (χ0) is 106. The second kappa shape index (κ2) is 119. The van der Waals surface area contributed by atoms with Gasteiger partial charge in [0, 0.05) is 104 Å². The number of fused-ring (bicyclic) bond motifs is 10. The molecular formula is C119H180N16OS. The maximum absolute atomic E-state index is 4.87. The maximum Gasteiger partial charge on any atom is 0.166 e. The van der Waals surface area contributed by atoms with Gasteiger partial charge < -0.3 is 4.52 Å². The second-order valence-corrected chi connectivity index (χ2v) is 21.3. The number of H-pyrrole nitrogens is 1. The number of aromatic amines is 1. The number of nitrogens with one attached hydrogen (secondary N) is 1. The quantitative estimate of drug-likeness (QED) is 0.149. The monoisotopic (exact) mass is 1880 g/mol. The number of hydrogen-bond donors (Lipinski definition) is 1. The normalized spacial score (nSPS) is 8.00. The van der Waals surface area contributed by atoms with Crippen molar-refractivity contribution in [2.45, 2.75) is 277 Å². The first-order valence-corrected chi connectivity index (χ1v) is 51.3. The minimum absolute atomic E-state index is 0.810. The van der Waals surface area contributed by atoms with Crippen molar-refractivity contribution in [2.75, 3.05) is 0 Å². The molecule has 17 nitrogen and oxygen atoms in total. The molecule has 11 heterocycles. The number of nitrogens with zero attached hydrogens (tertiary/aromatic N) is 15. The summed E-state index contributed by atoms with van der Waals surface area (Å²) < 4.78 is 10.2. The van der Waals surface area contributed by atoms with Crippen LogP contribution < -0.4 is 0 Å². The Labute approximate surface area is 835 Å². The standard InChI is InChI=1S/2C9H7N.5C8H6N2.C7H6N2.C7H5NO.C7H5NS.20C2H6/c1-2-6-9-8(4-1)5-3-7-10-9;1-2-4-9-7-10-6-5-8(9)3-1;1-3-7-4-2-6-10-8(7)9-5-1;1-2-4-8-7(3-1)5-9-6-10-8;1-2-4-8-6-10-9-5-7(8)3-1;1-2-4-8-7(3-1)9-5-6-10-8;1-2-4-8-7(3-1)5-6-9-10-8;3*1-2-4-7-6(3-1)5-8-9-7;20*1-2/h2*1-7H;5*1-6H;1-5H,(H,8,9);2*1-5H;20*1-2H3. The van der Waals surface area contributed by atoms with Gasteiger partial charge in [-0.25, -0.2) is 19.9 Å². The molecule has 0 saturated heterocycles. The summed E-state index contributed by atoms with van der Waals surface area (Å²) in [6, 6.07) is 87.6. The van der Waals surface area contributed by atoms with Crippen molar-refractivity contribution in [3.05, 3.63) is 360 Å². The average Bonchev–Trinajstić information content (AvgIpc) is 1.58. The summed E-state index contributed by atoms with van der Waals surface area (Å²) in [7, 11) is 0. The summed E-state index contributed by atoms with van der Waals surface area (Å²) in [5, 5.41) is 38.3.